The van der Waals surface area contributed by atoms with E-state index >= 15 is 0 Å². The van der Waals surface area contributed by atoms with Crippen molar-refractivity contribution in [2.24, 2.45) is 0 Å². The smallest absolute Gasteiger partial charge is 0.256 e. The molecule has 22 heavy (non-hydrogen) atoms. The lowest BCUT2D eigenvalue weighted by atomic mass is 10.1. The largest absolute Gasteiger partial charge is 0.351 e. The van der Waals surface area contributed by atoms with Crippen LogP contribution in [-0.2, 0) is 6.54 Å². The van der Waals surface area contributed by atoms with Crippen LogP contribution in [0, 0.1) is 6.92 Å². The average molecular weight is 302 g/mol. The quantitative estimate of drug-likeness (QED) is 0.895. The Hall–Kier alpha value is -2.21. The van der Waals surface area contributed by atoms with Crippen molar-refractivity contribution >= 4 is 16.9 Å². The topological polar surface area (TPSA) is 67.2 Å². The highest BCUT2D eigenvalue weighted by Gasteiger charge is 2.15. The number of fused-ring (bicyclic) bond motifs is 1. The van der Waals surface area contributed by atoms with Crippen molar-refractivity contribution < 1.29 is 4.79 Å². The first-order chi connectivity index (χ1) is 10.4. The van der Waals surface area contributed by atoms with Crippen LogP contribution in [0.1, 0.15) is 23.0 Å². The second kappa shape index (κ2) is 6.70. The summed E-state index contributed by atoms with van der Waals surface area (Å²) >= 11 is 0. The molecule has 0 saturated heterocycles. The Morgan fingerprint density at radius 3 is 2.73 bits per heavy atom. The summed E-state index contributed by atoms with van der Waals surface area (Å²) in [6.45, 7) is 5.71. The molecule has 2 aromatic rings. The predicted molar refractivity (Wildman–Crippen MR) is 87.3 cm³/mol. The SMILES string of the molecule is CCn1cc(C(=O)NCCN(C)C)c(=O)c2ccc(C)nc21. The van der Waals surface area contributed by atoms with Crippen molar-refractivity contribution in [2.45, 2.75) is 20.4 Å². The van der Waals surface area contributed by atoms with Crippen LogP contribution < -0.4 is 10.7 Å². The van der Waals surface area contributed by atoms with Crippen LogP contribution in [-0.4, -0.2) is 47.5 Å². The number of pyridine rings is 2. The molecular weight excluding hydrogens is 280 g/mol. The fraction of sp³-hybridized carbons (Fsp3) is 0.438. The van der Waals surface area contributed by atoms with Gasteiger partial charge in [-0.2, -0.15) is 0 Å². The van der Waals surface area contributed by atoms with Gasteiger partial charge in [-0.25, -0.2) is 4.98 Å². The lowest BCUT2D eigenvalue weighted by Crippen LogP contribution is -2.34. The molecule has 6 heteroatoms. The van der Waals surface area contributed by atoms with E-state index < -0.39 is 0 Å². The standard InChI is InChI=1S/C16H22N4O2/c1-5-20-10-13(16(22)17-8-9-19(3)4)14(21)12-7-6-11(2)18-15(12)20/h6-7,10H,5,8-9H2,1-4H3,(H,17,22). The van der Waals surface area contributed by atoms with E-state index in [1.54, 1.807) is 18.3 Å². The molecule has 2 heterocycles. The number of amides is 1. The molecule has 2 rings (SSSR count). The first-order valence-electron chi connectivity index (χ1n) is 7.37. The molecule has 0 aliphatic carbocycles. The second-order valence-electron chi connectivity index (χ2n) is 5.54. The first kappa shape index (κ1) is 16.2. The fourth-order valence-electron chi connectivity index (χ4n) is 2.25. The molecular formula is C16H22N4O2. The predicted octanol–water partition coefficient (Wildman–Crippen LogP) is 1.02. The van der Waals surface area contributed by atoms with Crippen molar-refractivity contribution in [1.29, 1.82) is 0 Å². The molecule has 0 fully saturated rings. The number of carbonyl (C=O) groups is 1. The van der Waals surface area contributed by atoms with Gasteiger partial charge < -0.3 is 14.8 Å². The van der Waals surface area contributed by atoms with E-state index in [0.29, 0.717) is 24.1 Å². The van der Waals surface area contributed by atoms with E-state index in [1.807, 2.05) is 37.4 Å². The minimum absolute atomic E-state index is 0.166. The maximum Gasteiger partial charge on any atom is 0.256 e. The van der Waals surface area contributed by atoms with Gasteiger partial charge >= 0.3 is 0 Å². The third kappa shape index (κ3) is 3.33. The van der Waals surface area contributed by atoms with E-state index in [4.69, 9.17) is 0 Å². The van der Waals surface area contributed by atoms with Gasteiger partial charge in [-0.15, -0.1) is 0 Å². The Morgan fingerprint density at radius 2 is 2.09 bits per heavy atom. The number of hydrogen-bond donors (Lipinski definition) is 1. The monoisotopic (exact) mass is 302 g/mol. The lowest BCUT2D eigenvalue weighted by Gasteiger charge is -2.13. The van der Waals surface area contributed by atoms with Crippen LogP contribution in [0.15, 0.2) is 23.1 Å². The maximum absolute atomic E-state index is 12.5. The molecule has 0 saturated carbocycles. The first-order valence-corrected chi connectivity index (χ1v) is 7.37. The molecule has 0 aromatic carbocycles. The summed E-state index contributed by atoms with van der Waals surface area (Å²) in [5, 5.41) is 3.26. The van der Waals surface area contributed by atoms with E-state index in [2.05, 4.69) is 10.3 Å². The van der Waals surface area contributed by atoms with Gasteiger partial charge in [0.2, 0.25) is 5.43 Å². The summed E-state index contributed by atoms with van der Waals surface area (Å²) < 4.78 is 1.84. The summed E-state index contributed by atoms with van der Waals surface area (Å²) in [5.41, 5.74) is 1.36. The summed E-state index contributed by atoms with van der Waals surface area (Å²) in [5.74, 6) is -0.337. The number of nitrogens with one attached hydrogen (secondary N) is 1. The summed E-state index contributed by atoms with van der Waals surface area (Å²) in [6.07, 6.45) is 1.60. The highest BCUT2D eigenvalue weighted by Crippen LogP contribution is 2.10. The molecule has 0 atom stereocenters. The van der Waals surface area contributed by atoms with E-state index in [0.717, 1.165) is 12.2 Å². The average Bonchev–Trinajstić information content (AvgIpc) is 2.47. The maximum atomic E-state index is 12.5. The van der Waals surface area contributed by atoms with Gasteiger partial charge in [0.15, 0.2) is 0 Å². The van der Waals surface area contributed by atoms with Crippen LogP contribution in [0.25, 0.3) is 11.0 Å². The summed E-state index contributed by atoms with van der Waals surface area (Å²) in [7, 11) is 3.86. The zero-order valence-electron chi connectivity index (χ0n) is 13.5. The van der Waals surface area contributed by atoms with E-state index in [-0.39, 0.29) is 16.9 Å². The van der Waals surface area contributed by atoms with Crippen LogP contribution in [0.3, 0.4) is 0 Å². The number of aromatic nitrogens is 2. The number of rotatable bonds is 5. The minimum Gasteiger partial charge on any atom is -0.351 e. The number of carbonyl (C=O) groups excluding carboxylic acids is 1. The van der Waals surface area contributed by atoms with E-state index in [1.165, 1.54) is 0 Å². The highest BCUT2D eigenvalue weighted by molar-refractivity contribution is 5.96. The van der Waals surface area contributed by atoms with Gasteiger partial charge in [0.1, 0.15) is 11.2 Å². The van der Waals surface area contributed by atoms with Crippen LogP contribution >= 0.6 is 0 Å². The Bertz CT molecular complexity index is 750. The fourth-order valence-corrected chi connectivity index (χ4v) is 2.25. The molecule has 0 radical (unpaired) electrons. The molecule has 1 N–H and O–H groups in total. The van der Waals surface area contributed by atoms with Gasteiger partial charge in [0.05, 0.1) is 5.39 Å². The van der Waals surface area contributed by atoms with Gasteiger partial charge in [-0.3, -0.25) is 9.59 Å². The highest BCUT2D eigenvalue weighted by atomic mass is 16.2. The van der Waals surface area contributed by atoms with Crippen molar-refractivity contribution in [2.75, 3.05) is 27.2 Å². The molecule has 1 amide bonds. The molecule has 0 spiro atoms. The van der Waals surface area contributed by atoms with Gasteiger partial charge in [0, 0.05) is 31.5 Å². The van der Waals surface area contributed by atoms with Crippen LogP contribution in [0.5, 0.6) is 0 Å². The van der Waals surface area contributed by atoms with Gasteiger partial charge in [-0.1, -0.05) is 0 Å². The zero-order valence-corrected chi connectivity index (χ0v) is 13.5. The van der Waals surface area contributed by atoms with Gasteiger partial charge in [0.25, 0.3) is 5.91 Å². The van der Waals surface area contributed by atoms with Crippen molar-refractivity contribution in [1.82, 2.24) is 19.8 Å². The third-order valence-electron chi connectivity index (χ3n) is 3.49. The Kier molecular flexibility index (Phi) is 4.92. The van der Waals surface area contributed by atoms with Crippen LogP contribution in [0.4, 0.5) is 0 Å². The normalized spacial score (nSPS) is 11.1. The van der Waals surface area contributed by atoms with Gasteiger partial charge in [-0.05, 0) is 40.1 Å². The molecule has 6 nitrogen and oxygen atoms in total. The Labute approximate surface area is 129 Å². The molecule has 118 valence electrons. The summed E-state index contributed by atoms with van der Waals surface area (Å²) in [6, 6.07) is 3.53. The lowest BCUT2D eigenvalue weighted by molar-refractivity contribution is 0.0949. The zero-order chi connectivity index (χ0) is 16.3. The number of likely N-dealkylation sites (N-methyl/N-ethyl adjacent to an activating group) is 1. The summed E-state index contributed by atoms with van der Waals surface area (Å²) in [4.78, 5) is 31.2. The van der Waals surface area contributed by atoms with Crippen molar-refractivity contribution in [3.8, 4) is 0 Å². The third-order valence-corrected chi connectivity index (χ3v) is 3.49. The Balaban J connectivity index is 2.42. The molecule has 0 aliphatic rings. The molecule has 0 unspecified atom stereocenters. The minimum atomic E-state index is -0.337. The number of nitrogens with zero attached hydrogens (tertiary/aromatic N) is 3. The van der Waals surface area contributed by atoms with Crippen LogP contribution in [0.2, 0.25) is 0 Å². The van der Waals surface area contributed by atoms with Crippen molar-refractivity contribution in [3.05, 3.63) is 39.8 Å². The number of hydrogen-bond acceptors (Lipinski definition) is 4. The molecule has 2 aromatic heterocycles. The molecule has 0 bridgehead atoms. The van der Waals surface area contributed by atoms with Crippen molar-refractivity contribution in [3.63, 3.8) is 0 Å². The number of aryl methyl sites for hydroxylation is 2. The second-order valence-corrected chi connectivity index (χ2v) is 5.54. The van der Waals surface area contributed by atoms with E-state index in [9.17, 15) is 9.59 Å². The molecule has 0 aliphatic heterocycles. The Morgan fingerprint density at radius 1 is 1.36 bits per heavy atom.